The van der Waals surface area contributed by atoms with Crippen LogP contribution in [0.2, 0.25) is 0 Å². The number of benzene rings is 1. The number of hydrogen-bond acceptors (Lipinski definition) is 2. The third-order valence-corrected chi connectivity index (χ3v) is 3.58. The van der Waals surface area contributed by atoms with Crippen LogP contribution in [0.4, 0.5) is 0 Å². The van der Waals surface area contributed by atoms with Gasteiger partial charge in [0.05, 0.1) is 0 Å². The van der Waals surface area contributed by atoms with E-state index >= 15 is 0 Å². The van der Waals surface area contributed by atoms with Gasteiger partial charge < -0.3 is 5.32 Å². The van der Waals surface area contributed by atoms with E-state index in [1.54, 1.807) is 0 Å². The Bertz CT molecular complexity index is 359. The maximum Gasteiger partial charge on any atom is 0.0236 e. The minimum atomic E-state index is 0. The third kappa shape index (κ3) is 3.70. The molecule has 2 nitrogen and oxygen atoms in total. The second kappa shape index (κ2) is 6.39. The predicted molar refractivity (Wildman–Crippen MR) is 75.9 cm³/mol. The van der Waals surface area contributed by atoms with Gasteiger partial charge in [0.25, 0.3) is 0 Å². The highest BCUT2D eigenvalue weighted by Crippen LogP contribution is 2.15. The van der Waals surface area contributed by atoms with Gasteiger partial charge in [0.2, 0.25) is 0 Å². The van der Waals surface area contributed by atoms with Crippen molar-refractivity contribution in [2.24, 2.45) is 0 Å². The molecule has 1 aromatic carbocycles. The highest BCUT2D eigenvalue weighted by Gasteiger charge is 2.19. The number of aryl methyl sites for hydroxylation is 2. The normalized spacial score (nSPS) is 19.4. The molecular weight excluding hydrogens is 232 g/mol. The van der Waals surface area contributed by atoms with E-state index < -0.39 is 0 Å². The largest absolute Gasteiger partial charge is 0.315 e. The second-order valence-corrected chi connectivity index (χ2v) is 4.99. The van der Waals surface area contributed by atoms with Gasteiger partial charge in [0, 0.05) is 19.1 Å². The minimum Gasteiger partial charge on any atom is -0.315 e. The monoisotopic (exact) mass is 254 g/mol. The van der Waals surface area contributed by atoms with Crippen molar-refractivity contribution >= 4 is 12.4 Å². The zero-order chi connectivity index (χ0) is 11.5. The number of rotatable bonds is 3. The van der Waals surface area contributed by atoms with Crippen molar-refractivity contribution in [3.63, 3.8) is 0 Å². The van der Waals surface area contributed by atoms with E-state index in [0.717, 1.165) is 13.1 Å². The molecule has 1 heterocycles. The van der Waals surface area contributed by atoms with Crippen molar-refractivity contribution < 1.29 is 0 Å². The maximum absolute atomic E-state index is 3.42. The van der Waals surface area contributed by atoms with E-state index in [2.05, 4.69) is 49.3 Å². The molecule has 1 aliphatic heterocycles. The Morgan fingerprint density at radius 1 is 1.35 bits per heavy atom. The molecule has 1 atom stereocenters. The van der Waals surface area contributed by atoms with Crippen molar-refractivity contribution in [2.45, 2.75) is 32.9 Å². The molecule has 0 saturated carbocycles. The Hall–Kier alpha value is -0.570. The van der Waals surface area contributed by atoms with Crippen LogP contribution in [0.1, 0.15) is 23.1 Å². The first-order valence-electron chi connectivity index (χ1n) is 6.14. The molecule has 1 unspecified atom stereocenters. The lowest BCUT2D eigenvalue weighted by atomic mass is 10.0. The molecule has 1 saturated heterocycles. The Morgan fingerprint density at radius 2 is 2.12 bits per heavy atom. The van der Waals surface area contributed by atoms with Crippen molar-refractivity contribution in [3.05, 3.63) is 34.9 Å². The lowest BCUT2D eigenvalue weighted by Crippen LogP contribution is -2.33. The van der Waals surface area contributed by atoms with E-state index in [1.807, 2.05) is 0 Å². The highest BCUT2D eigenvalue weighted by atomic mass is 35.5. The van der Waals surface area contributed by atoms with Crippen molar-refractivity contribution in [3.8, 4) is 0 Å². The molecule has 0 bridgehead atoms. The average molecular weight is 255 g/mol. The van der Waals surface area contributed by atoms with Gasteiger partial charge in [-0.2, -0.15) is 0 Å². The summed E-state index contributed by atoms with van der Waals surface area (Å²) >= 11 is 0. The summed E-state index contributed by atoms with van der Waals surface area (Å²) in [4.78, 5) is 2.47. The van der Waals surface area contributed by atoms with E-state index in [-0.39, 0.29) is 12.4 Å². The minimum absolute atomic E-state index is 0. The van der Waals surface area contributed by atoms with Crippen LogP contribution in [-0.4, -0.2) is 31.1 Å². The standard InChI is InChI=1S/C14H22N2.ClH/c1-11-4-5-13(12(2)8-11)10-16(3)14-6-7-15-9-14;/h4-5,8,14-15H,6-7,9-10H2,1-3H3;1H. The fourth-order valence-electron chi connectivity index (χ4n) is 2.44. The molecule has 96 valence electrons. The van der Waals surface area contributed by atoms with Crippen LogP contribution in [-0.2, 0) is 6.54 Å². The number of likely N-dealkylation sites (N-methyl/N-ethyl adjacent to an activating group) is 1. The van der Waals surface area contributed by atoms with Gasteiger partial charge in [0.1, 0.15) is 0 Å². The summed E-state index contributed by atoms with van der Waals surface area (Å²) in [5, 5.41) is 3.42. The van der Waals surface area contributed by atoms with Crippen LogP contribution in [0.15, 0.2) is 18.2 Å². The van der Waals surface area contributed by atoms with Crippen molar-refractivity contribution in [1.82, 2.24) is 10.2 Å². The van der Waals surface area contributed by atoms with Gasteiger partial charge in [-0.1, -0.05) is 23.8 Å². The summed E-state index contributed by atoms with van der Waals surface area (Å²) in [5.41, 5.74) is 4.23. The summed E-state index contributed by atoms with van der Waals surface area (Å²) in [6.45, 7) is 7.74. The highest BCUT2D eigenvalue weighted by molar-refractivity contribution is 5.85. The van der Waals surface area contributed by atoms with Crippen LogP contribution in [0, 0.1) is 13.8 Å². The smallest absolute Gasteiger partial charge is 0.0236 e. The molecule has 2 rings (SSSR count). The maximum atomic E-state index is 3.42. The fraction of sp³-hybridized carbons (Fsp3) is 0.571. The average Bonchev–Trinajstić information content (AvgIpc) is 2.75. The zero-order valence-electron chi connectivity index (χ0n) is 11.0. The van der Waals surface area contributed by atoms with E-state index in [0.29, 0.717) is 6.04 Å². The van der Waals surface area contributed by atoms with Crippen LogP contribution in [0.25, 0.3) is 0 Å². The fourth-order valence-corrected chi connectivity index (χ4v) is 2.44. The second-order valence-electron chi connectivity index (χ2n) is 4.99. The molecule has 1 fully saturated rings. The Labute approximate surface area is 111 Å². The molecule has 1 N–H and O–H groups in total. The SMILES string of the molecule is Cc1ccc(CN(C)C2CCNC2)c(C)c1.Cl. The summed E-state index contributed by atoms with van der Waals surface area (Å²) in [5.74, 6) is 0. The number of hydrogen-bond donors (Lipinski definition) is 1. The zero-order valence-corrected chi connectivity index (χ0v) is 11.8. The van der Waals surface area contributed by atoms with Crippen LogP contribution < -0.4 is 5.32 Å². The Morgan fingerprint density at radius 3 is 2.71 bits per heavy atom. The molecular formula is C14H23ClN2. The number of nitrogens with zero attached hydrogens (tertiary/aromatic N) is 1. The first kappa shape index (κ1) is 14.5. The first-order chi connectivity index (χ1) is 7.66. The summed E-state index contributed by atoms with van der Waals surface area (Å²) < 4.78 is 0. The van der Waals surface area contributed by atoms with E-state index in [9.17, 15) is 0 Å². The summed E-state index contributed by atoms with van der Waals surface area (Å²) in [6, 6.07) is 7.46. The van der Waals surface area contributed by atoms with Gasteiger partial charge in [-0.15, -0.1) is 12.4 Å². The van der Waals surface area contributed by atoms with Gasteiger partial charge in [-0.05, 0) is 45.0 Å². The Balaban J connectivity index is 0.00000144. The lowest BCUT2D eigenvalue weighted by molar-refractivity contribution is 0.248. The van der Waals surface area contributed by atoms with Crippen molar-refractivity contribution in [2.75, 3.05) is 20.1 Å². The Kier molecular flexibility index (Phi) is 5.44. The van der Waals surface area contributed by atoms with Crippen LogP contribution in [0.3, 0.4) is 0 Å². The molecule has 1 aliphatic rings. The molecule has 0 radical (unpaired) electrons. The first-order valence-corrected chi connectivity index (χ1v) is 6.14. The van der Waals surface area contributed by atoms with E-state index in [1.165, 1.54) is 29.7 Å². The molecule has 3 heteroatoms. The quantitative estimate of drug-likeness (QED) is 0.892. The van der Waals surface area contributed by atoms with Gasteiger partial charge in [0.15, 0.2) is 0 Å². The van der Waals surface area contributed by atoms with Gasteiger partial charge in [-0.25, -0.2) is 0 Å². The number of halogens is 1. The van der Waals surface area contributed by atoms with Gasteiger partial charge in [-0.3, -0.25) is 4.90 Å². The molecule has 0 spiro atoms. The summed E-state index contributed by atoms with van der Waals surface area (Å²) in [6.07, 6.45) is 1.28. The summed E-state index contributed by atoms with van der Waals surface area (Å²) in [7, 11) is 2.23. The molecule has 0 aliphatic carbocycles. The van der Waals surface area contributed by atoms with Crippen LogP contribution in [0.5, 0.6) is 0 Å². The third-order valence-electron chi connectivity index (χ3n) is 3.58. The number of nitrogens with one attached hydrogen (secondary N) is 1. The van der Waals surface area contributed by atoms with Crippen LogP contribution >= 0.6 is 12.4 Å². The molecule has 1 aromatic rings. The van der Waals surface area contributed by atoms with Crippen molar-refractivity contribution in [1.29, 1.82) is 0 Å². The lowest BCUT2D eigenvalue weighted by Gasteiger charge is -2.24. The predicted octanol–water partition coefficient (Wildman–Crippen LogP) is 2.52. The van der Waals surface area contributed by atoms with Gasteiger partial charge >= 0.3 is 0 Å². The van der Waals surface area contributed by atoms with E-state index in [4.69, 9.17) is 0 Å². The topological polar surface area (TPSA) is 15.3 Å². The molecule has 0 amide bonds. The molecule has 0 aromatic heterocycles. The molecule has 17 heavy (non-hydrogen) atoms.